The lowest BCUT2D eigenvalue weighted by Crippen LogP contribution is -2.43. The zero-order valence-corrected chi connectivity index (χ0v) is 26.9. The van der Waals surface area contributed by atoms with Crippen LogP contribution >= 0.6 is 0 Å². The fourth-order valence-electron chi connectivity index (χ4n) is 3.29. The average Bonchev–Trinajstić information content (AvgIpc) is 2.75. The van der Waals surface area contributed by atoms with Gasteiger partial charge < -0.3 is 55.5 Å². The summed E-state index contributed by atoms with van der Waals surface area (Å²) in [5, 5.41) is 22.2. The Morgan fingerprint density at radius 3 is 1.10 bits per heavy atom. The van der Waals surface area contributed by atoms with Crippen LogP contribution in [0.15, 0.2) is 0 Å². The van der Waals surface area contributed by atoms with E-state index in [1.54, 1.807) is 0 Å². The molecule has 240 valence electrons. The highest BCUT2D eigenvalue weighted by molar-refractivity contribution is 5.67. The van der Waals surface area contributed by atoms with Crippen molar-refractivity contribution in [1.82, 2.24) is 10.6 Å². The van der Waals surface area contributed by atoms with Gasteiger partial charge in [-0.1, -0.05) is 0 Å². The van der Waals surface area contributed by atoms with E-state index in [2.05, 4.69) is 38.8 Å². The zero-order chi connectivity index (χ0) is 32.0. The summed E-state index contributed by atoms with van der Waals surface area (Å²) in [5.41, 5.74) is 10.2. The van der Waals surface area contributed by atoms with Gasteiger partial charge in [-0.05, 0) is 60.8 Å². The van der Waals surface area contributed by atoms with Gasteiger partial charge in [0.25, 0.3) is 0 Å². The summed E-state index contributed by atoms with van der Waals surface area (Å²) in [6, 6.07) is 0. The minimum Gasteiger partial charge on any atom is -0.652 e. The van der Waals surface area contributed by atoms with E-state index in [1.807, 2.05) is 41.5 Å². The van der Waals surface area contributed by atoms with Crippen molar-refractivity contribution in [2.45, 2.75) is 78.4 Å². The van der Waals surface area contributed by atoms with Crippen molar-refractivity contribution in [2.24, 2.45) is 11.5 Å². The number of nitrogens with two attached hydrogens (primary N) is 2. The molecule has 13 heteroatoms. The number of quaternary nitrogens is 2. The number of rotatable bonds is 14. The highest BCUT2D eigenvalue weighted by Crippen LogP contribution is 2.07. The van der Waals surface area contributed by atoms with Crippen LogP contribution in [0.4, 0.5) is 14.4 Å². The van der Waals surface area contributed by atoms with Gasteiger partial charge in [-0.2, -0.15) is 0 Å². The molecule has 40 heavy (non-hydrogen) atoms. The highest BCUT2D eigenvalue weighted by Gasteiger charge is 2.18. The molecule has 0 saturated heterocycles. The fraction of sp³-hybridized carbons (Fsp3) is 0.889. The van der Waals surface area contributed by atoms with Gasteiger partial charge in [0, 0.05) is 38.8 Å². The van der Waals surface area contributed by atoms with E-state index in [0.29, 0.717) is 13.1 Å². The molecule has 2 amide bonds. The fourth-order valence-corrected chi connectivity index (χ4v) is 3.29. The third kappa shape index (κ3) is 37.8. The summed E-state index contributed by atoms with van der Waals surface area (Å²) in [6.45, 7) is 18.1. The third-order valence-corrected chi connectivity index (χ3v) is 5.15. The van der Waals surface area contributed by atoms with Crippen molar-refractivity contribution < 1.29 is 43.0 Å². The zero-order valence-electron chi connectivity index (χ0n) is 26.9. The molecule has 0 aliphatic carbocycles. The van der Waals surface area contributed by atoms with E-state index in [-0.39, 0.29) is 12.2 Å². The molecule has 0 heterocycles. The Bertz CT molecular complexity index is 634. The number of hydrogen-bond donors (Lipinski definition) is 4. The SMILES string of the molecule is CC(C)(C)OC(=O)NCCC[N+](C)(C)CCCN.CC(C)(C)OC(=O)NCCC[N+](C)(C)CCCN.O=C([O-])[O-]. The van der Waals surface area contributed by atoms with Crippen LogP contribution in [0, 0.1) is 0 Å². The first-order valence-electron chi connectivity index (χ1n) is 13.9. The third-order valence-electron chi connectivity index (χ3n) is 5.15. The second kappa shape index (κ2) is 21.4. The normalized spacial score (nSPS) is 11.7. The van der Waals surface area contributed by atoms with Crippen LogP contribution < -0.4 is 32.3 Å². The van der Waals surface area contributed by atoms with Crippen molar-refractivity contribution in [2.75, 3.05) is 80.5 Å². The average molecular weight is 581 g/mol. The molecule has 0 rings (SSSR count). The lowest BCUT2D eigenvalue weighted by Gasteiger charge is -2.29. The van der Waals surface area contributed by atoms with E-state index in [4.69, 9.17) is 35.9 Å². The second-order valence-electron chi connectivity index (χ2n) is 12.9. The minimum absolute atomic E-state index is 0.338. The van der Waals surface area contributed by atoms with Gasteiger partial charge in [0.15, 0.2) is 0 Å². The van der Waals surface area contributed by atoms with Crippen LogP contribution in [0.2, 0.25) is 0 Å². The largest absolute Gasteiger partial charge is 0.652 e. The number of amides is 2. The van der Waals surface area contributed by atoms with Gasteiger partial charge in [-0.25, -0.2) is 9.59 Å². The van der Waals surface area contributed by atoms with E-state index in [0.717, 1.165) is 73.9 Å². The van der Waals surface area contributed by atoms with Crippen LogP contribution in [-0.4, -0.2) is 119 Å². The molecule has 0 aliphatic rings. The van der Waals surface area contributed by atoms with Crippen LogP contribution in [0.5, 0.6) is 0 Å². The Hall–Kier alpha value is -2.35. The first-order chi connectivity index (χ1) is 18.1. The van der Waals surface area contributed by atoms with E-state index in [9.17, 15) is 9.59 Å². The molecule has 0 aromatic rings. The first kappa shape index (κ1) is 42.1. The van der Waals surface area contributed by atoms with Crippen LogP contribution in [0.3, 0.4) is 0 Å². The molecule has 13 nitrogen and oxygen atoms in total. The predicted molar refractivity (Wildman–Crippen MR) is 154 cm³/mol. The van der Waals surface area contributed by atoms with E-state index in [1.165, 1.54) is 0 Å². The Labute approximate surface area is 242 Å². The van der Waals surface area contributed by atoms with Gasteiger partial charge in [0.1, 0.15) is 11.2 Å². The Kier molecular flexibility index (Phi) is 22.5. The monoisotopic (exact) mass is 580 g/mol. The summed E-state index contributed by atoms with van der Waals surface area (Å²) < 4.78 is 12.2. The molecule has 0 spiro atoms. The number of carboxylic acid groups (broad SMARTS) is 2. The molecule has 0 aliphatic heterocycles. The number of nitrogens with zero attached hydrogens (tertiary/aromatic N) is 2. The van der Waals surface area contributed by atoms with E-state index >= 15 is 0 Å². The molecule has 0 aromatic carbocycles. The van der Waals surface area contributed by atoms with Crippen molar-refractivity contribution in [3.8, 4) is 0 Å². The van der Waals surface area contributed by atoms with Gasteiger partial charge in [-0.3, -0.25) is 0 Å². The van der Waals surface area contributed by atoms with Gasteiger partial charge in [0.2, 0.25) is 0 Å². The molecule has 6 N–H and O–H groups in total. The number of nitrogens with one attached hydrogen (secondary N) is 2. The van der Waals surface area contributed by atoms with E-state index < -0.39 is 17.4 Å². The first-order valence-corrected chi connectivity index (χ1v) is 13.9. The smallest absolute Gasteiger partial charge is 0.407 e. The Morgan fingerprint density at radius 1 is 0.625 bits per heavy atom. The molecular weight excluding hydrogens is 520 g/mol. The van der Waals surface area contributed by atoms with Crippen molar-refractivity contribution in [3.63, 3.8) is 0 Å². The molecule has 0 radical (unpaired) electrons. The predicted octanol–water partition coefficient (Wildman–Crippen LogP) is 0.206. The van der Waals surface area contributed by atoms with Crippen LogP contribution in [-0.2, 0) is 9.47 Å². The van der Waals surface area contributed by atoms with Crippen LogP contribution in [0.1, 0.15) is 67.2 Å². The molecule has 0 aromatic heterocycles. The summed E-state index contributed by atoms with van der Waals surface area (Å²) >= 11 is 0. The summed E-state index contributed by atoms with van der Waals surface area (Å²) in [5.74, 6) is 0. The lowest BCUT2D eigenvalue weighted by molar-refractivity contribution is -0.890. The van der Waals surface area contributed by atoms with Crippen molar-refractivity contribution in [3.05, 3.63) is 0 Å². The topological polar surface area (TPSA) is 192 Å². The van der Waals surface area contributed by atoms with Crippen LogP contribution in [0.25, 0.3) is 0 Å². The summed E-state index contributed by atoms with van der Waals surface area (Å²) in [7, 11) is 8.73. The summed E-state index contributed by atoms with van der Waals surface area (Å²) in [4.78, 5) is 31.1. The number of carbonyl (C=O) groups excluding carboxylic acids is 3. The second-order valence-corrected chi connectivity index (χ2v) is 12.9. The molecule has 0 bridgehead atoms. The van der Waals surface area contributed by atoms with Gasteiger partial charge in [0.05, 0.1) is 54.4 Å². The lowest BCUT2D eigenvalue weighted by atomic mass is 10.2. The minimum atomic E-state index is -2.33. The van der Waals surface area contributed by atoms with Crippen molar-refractivity contribution >= 4 is 18.3 Å². The molecule has 0 saturated carbocycles. The highest BCUT2D eigenvalue weighted by atomic mass is 16.6. The maximum absolute atomic E-state index is 11.4. The number of ether oxygens (including phenoxy) is 2. The van der Waals surface area contributed by atoms with Gasteiger partial charge >= 0.3 is 12.2 Å². The summed E-state index contributed by atoms with van der Waals surface area (Å²) in [6.07, 6.45) is 0.941. The Morgan fingerprint density at radius 2 is 0.875 bits per heavy atom. The van der Waals surface area contributed by atoms with Crippen molar-refractivity contribution in [1.29, 1.82) is 0 Å². The standard InChI is InChI=1S/2C13H29N3O2.CH2O3/c2*1-13(2,3)18-12(17)15-9-7-11-16(4,5)10-6-8-14;2-1(3)4/h2*6-11,14H2,1-5H3;(H2,2,3,4). The molecular formula is C27H60N6O7. The number of carbonyl (C=O) groups is 3. The maximum Gasteiger partial charge on any atom is 0.407 e. The Balaban J connectivity index is -0.000000603. The maximum atomic E-state index is 11.4. The molecule has 0 unspecified atom stereocenters. The molecule has 0 atom stereocenters. The molecule has 0 fully saturated rings. The van der Waals surface area contributed by atoms with Gasteiger partial charge in [-0.15, -0.1) is 0 Å². The number of hydrogen-bond acceptors (Lipinski definition) is 9. The quantitative estimate of drug-likeness (QED) is 0.164. The number of alkyl carbamates (subject to hydrolysis) is 2.